The molecule has 3 nitrogen and oxygen atoms in total. The van der Waals surface area contributed by atoms with Gasteiger partial charge in [0.05, 0.1) is 0 Å². The van der Waals surface area contributed by atoms with E-state index in [-0.39, 0.29) is 11.4 Å². The van der Waals surface area contributed by atoms with Crippen molar-refractivity contribution in [2.24, 2.45) is 0 Å². The third-order valence-electron chi connectivity index (χ3n) is 3.78. The number of hydrogen-bond acceptors (Lipinski definition) is 3. The van der Waals surface area contributed by atoms with Crippen molar-refractivity contribution in [3.63, 3.8) is 0 Å². The quantitative estimate of drug-likeness (QED) is 0.405. The van der Waals surface area contributed by atoms with Gasteiger partial charge in [-0.05, 0) is 23.3 Å². The van der Waals surface area contributed by atoms with E-state index in [0.29, 0.717) is 5.56 Å². The molecule has 0 spiro atoms. The normalized spacial score (nSPS) is 10.8. The molecule has 0 aliphatic heterocycles. The first kappa shape index (κ1) is 16.2. The first-order valence-electron chi connectivity index (χ1n) is 7.90. The molecule has 0 atom stereocenters. The second kappa shape index (κ2) is 7.76. The van der Waals surface area contributed by atoms with Crippen LogP contribution in [0.3, 0.4) is 0 Å². The fraction of sp³-hybridized carbons (Fsp3) is 0. The van der Waals surface area contributed by atoms with Gasteiger partial charge in [0.25, 0.3) is 0 Å². The molecule has 120 valence electrons. The summed E-state index contributed by atoms with van der Waals surface area (Å²) in [5.74, 6) is -0.295. The molecule has 1 N–H and O–H groups in total. The van der Waals surface area contributed by atoms with Crippen molar-refractivity contribution < 1.29 is 4.79 Å². The van der Waals surface area contributed by atoms with Gasteiger partial charge in [0.1, 0.15) is 11.6 Å². The number of carbonyl (C=O) groups excluding carboxylic acids is 1. The molecule has 0 unspecified atom stereocenters. The molecule has 3 aromatic rings. The van der Waals surface area contributed by atoms with Gasteiger partial charge in [0, 0.05) is 17.5 Å². The third kappa shape index (κ3) is 4.01. The summed E-state index contributed by atoms with van der Waals surface area (Å²) >= 11 is 0. The molecule has 25 heavy (non-hydrogen) atoms. The standard InChI is InChI=1S/C22H16N2O/c23-15-20(22(25)19-9-5-2-6-10-19)16-24-21-13-11-18(12-14-21)17-7-3-1-4-8-17/h1-14,16,24H/b20-16+. The lowest BCUT2D eigenvalue weighted by Crippen LogP contribution is -2.04. The first-order chi connectivity index (χ1) is 12.3. The van der Waals surface area contributed by atoms with Gasteiger partial charge >= 0.3 is 0 Å². The summed E-state index contributed by atoms with van der Waals surface area (Å²) < 4.78 is 0. The minimum Gasteiger partial charge on any atom is -0.360 e. The number of nitrogens with zero attached hydrogens (tertiary/aromatic N) is 1. The Morgan fingerprint density at radius 1 is 0.800 bits per heavy atom. The molecule has 0 bridgehead atoms. The molecule has 0 aliphatic carbocycles. The molecule has 0 radical (unpaired) electrons. The fourth-order valence-corrected chi connectivity index (χ4v) is 2.44. The Hall–Kier alpha value is -3.64. The van der Waals surface area contributed by atoms with Crippen molar-refractivity contribution in [2.45, 2.75) is 0 Å². The zero-order valence-corrected chi connectivity index (χ0v) is 13.5. The average molecular weight is 324 g/mol. The van der Waals surface area contributed by atoms with Crippen molar-refractivity contribution >= 4 is 11.5 Å². The van der Waals surface area contributed by atoms with Gasteiger partial charge < -0.3 is 5.32 Å². The molecule has 0 aromatic heterocycles. The van der Waals surface area contributed by atoms with Crippen molar-refractivity contribution in [1.29, 1.82) is 5.26 Å². The molecule has 0 aliphatic rings. The van der Waals surface area contributed by atoms with Gasteiger partial charge in [-0.3, -0.25) is 4.79 Å². The van der Waals surface area contributed by atoms with E-state index < -0.39 is 0 Å². The SMILES string of the molecule is N#C/C(=C\Nc1ccc(-c2ccccc2)cc1)C(=O)c1ccccc1. The van der Waals surface area contributed by atoms with Crippen LogP contribution in [0.25, 0.3) is 11.1 Å². The van der Waals surface area contributed by atoms with Crippen molar-refractivity contribution in [3.8, 4) is 17.2 Å². The number of allylic oxidation sites excluding steroid dienone is 1. The number of rotatable bonds is 5. The summed E-state index contributed by atoms with van der Waals surface area (Å²) in [5, 5.41) is 12.3. The monoisotopic (exact) mass is 324 g/mol. The topological polar surface area (TPSA) is 52.9 Å². The Labute approximate surface area is 146 Å². The highest BCUT2D eigenvalue weighted by molar-refractivity contribution is 6.11. The van der Waals surface area contributed by atoms with Gasteiger partial charge in [0.2, 0.25) is 5.78 Å². The van der Waals surface area contributed by atoms with E-state index in [2.05, 4.69) is 17.4 Å². The van der Waals surface area contributed by atoms with Gasteiger partial charge in [-0.2, -0.15) is 5.26 Å². The summed E-state index contributed by atoms with van der Waals surface area (Å²) in [5.41, 5.74) is 3.63. The van der Waals surface area contributed by atoms with E-state index in [1.165, 1.54) is 6.20 Å². The first-order valence-corrected chi connectivity index (χ1v) is 7.90. The number of nitrogens with one attached hydrogen (secondary N) is 1. The molecule has 0 saturated carbocycles. The predicted octanol–water partition coefficient (Wildman–Crippen LogP) is 5.06. The van der Waals surface area contributed by atoms with Crippen LogP contribution in [0.1, 0.15) is 10.4 Å². The summed E-state index contributed by atoms with van der Waals surface area (Å²) in [6.45, 7) is 0. The lowest BCUT2D eigenvalue weighted by atomic mass is 10.0. The summed E-state index contributed by atoms with van der Waals surface area (Å²) in [6, 6.07) is 28.6. The summed E-state index contributed by atoms with van der Waals surface area (Å²) in [6.07, 6.45) is 1.45. The molecule has 3 aromatic carbocycles. The Morgan fingerprint density at radius 2 is 1.36 bits per heavy atom. The second-order valence-electron chi connectivity index (χ2n) is 5.45. The zero-order chi connectivity index (χ0) is 17.5. The lowest BCUT2D eigenvalue weighted by Gasteiger charge is -2.05. The summed E-state index contributed by atoms with van der Waals surface area (Å²) in [7, 11) is 0. The third-order valence-corrected chi connectivity index (χ3v) is 3.78. The van der Waals surface area contributed by atoms with Crippen LogP contribution in [0.15, 0.2) is 96.7 Å². The maximum Gasteiger partial charge on any atom is 0.205 e. The van der Waals surface area contributed by atoms with Crippen LogP contribution >= 0.6 is 0 Å². The van der Waals surface area contributed by atoms with Crippen LogP contribution in [-0.4, -0.2) is 5.78 Å². The van der Waals surface area contributed by atoms with E-state index >= 15 is 0 Å². The van der Waals surface area contributed by atoms with Gasteiger partial charge in [-0.1, -0.05) is 72.8 Å². The summed E-state index contributed by atoms with van der Waals surface area (Å²) in [4.78, 5) is 12.3. The fourth-order valence-electron chi connectivity index (χ4n) is 2.44. The smallest absolute Gasteiger partial charge is 0.205 e. The van der Waals surface area contributed by atoms with Crippen LogP contribution < -0.4 is 5.32 Å². The van der Waals surface area contributed by atoms with Crippen LogP contribution in [0.4, 0.5) is 5.69 Å². The highest BCUT2D eigenvalue weighted by Crippen LogP contribution is 2.21. The molecule has 3 heteroatoms. The van der Waals surface area contributed by atoms with Crippen LogP contribution in [0.2, 0.25) is 0 Å². The molecule has 0 amide bonds. The lowest BCUT2D eigenvalue weighted by molar-refractivity contribution is 0.103. The van der Waals surface area contributed by atoms with Crippen LogP contribution in [-0.2, 0) is 0 Å². The average Bonchev–Trinajstić information content (AvgIpc) is 2.70. The molecule has 3 rings (SSSR count). The van der Waals surface area contributed by atoms with E-state index in [0.717, 1.165) is 16.8 Å². The van der Waals surface area contributed by atoms with E-state index in [9.17, 15) is 10.1 Å². The molecule has 0 saturated heterocycles. The Balaban J connectivity index is 1.74. The molecule has 0 heterocycles. The highest BCUT2D eigenvalue weighted by atomic mass is 16.1. The highest BCUT2D eigenvalue weighted by Gasteiger charge is 2.11. The van der Waals surface area contributed by atoms with E-state index in [1.54, 1.807) is 24.3 Å². The molecular weight excluding hydrogens is 308 g/mol. The number of carbonyl (C=O) groups is 1. The maximum atomic E-state index is 12.3. The molecule has 0 fully saturated rings. The Kier molecular flexibility index (Phi) is 5.04. The predicted molar refractivity (Wildman–Crippen MR) is 100.0 cm³/mol. The number of nitriles is 1. The Morgan fingerprint density at radius 3 is 1.96 bits per heavy atom. The number of hydrogen-bond donors (Lipinski definition) is 1. The van der Waals surface area contributed by atoms with Crippen LogP contribution in [0, 0.1) is 11.3 Å². The number of ketones is 1. The minimum atomic E-state index is -0.295. The van der Waals surface area contributed by atoms with E-state index in [1.807, 2.05) is 54.6 Å². The molecular formula is C22H16N2O. The minimum absolute atomic E-state index is 0.0679. The number of benzene rings is 3. The van der Waals surface area contributed by atoms with Gasteiger partial charge in [-0.25, -0.2) is 0 Å². The van der Waals surface area contributed by atoms with Crippen LogP contribution in [0.5, 0.6) is 0 Å². The van der Waals surface area contributed by atoms with Crippen molar-refractivity contribution in [1.82, 2.24) is 0 Å². The number of anilines is 1. The van der Waals surface area contributed by atoms with E-state index in [4.69, 9.17) is 0 Å². The number of Topliss-reactive ketones (excluding diaryl/α,β-unsaturated/α-hetero) is 1. The van der Waals surface area contributed by atoms with Crippen molar-refractivity contribution in [2.75, 3.05) is 5.32 Å². The second-order valence-corrected chi connectivity index (χ2v) is 5.45. The van der Waals surface area contributed by atoms with Crippen molar-refractivity contribution in [3.05, 3.63) is 102 Å². The zero-order valence-electron chi connectivity index (χ0n) is 13.5. The Bertz CT molecular complexity index is 921. The van der Waals surface area contributed by atoms with Gasteiger partial charge in [0.15, 0.2) is 0 Å². The maximum absolute atomic E-state index is 12.3. The van der Waals surface area contributed by atoms with Gasteiger partial charge in [-0.15, -0.1) is 0 Å². The largest absolute Gasteiger partial charge is 0.360 e.